The van der Waals surface area contributed by atoms with E-state index in [9.17, 15) is 4.79 Å². The number of hydrogen-bond acceptors (Lipinski definition) is 4. The van der Waals surface area contributed by atoms with E-state index in [4.69, 9.17) is 4.74 Å². The van der Waals surface area contributed by atoms with Gasteiger partial charge in [-0.25, -0.2) is 4.99 Å². The molecule has 7 heteroatoms. The van der Waals surface area contributed by atoms with Crippen LogP contribution in [0.15, 0.2) is 29.3 Å². The van der Waals surface area contributed by atoms with Crippen LogP contribution in [0.1, 0.15) is 38.2 Å². The number of aliphatic imine (C=N–C) groups is 1. The summed E-state index contributed by atoms with van der Waals surface area (Å²) < 4.78 is 5.20. The molecule has 1 heterocycles. The van der Waals surface area contributed by atoms with Crippen molar-refractivity contribution in [1.82, 2.24) is 20.4 Å². The monoisotopic (exact) mass is 403 g/mol. The lowest BCUT2D eigenvalue weighted by molar-refractivity contribution is -0.127. The Morgan fingerprint density at radius 2 is 2.00 bits per heavy atom. The second-order valence-corrected chi connectivity index (χ2v) is 7.82. The topological polar surface area (TPSA) is 69.2 Å². The maximum absolute atomic E-state index is 11.9. The van der Waals surface area contributed by atoms with Gasteiger partial charge >= 0.3 is 0 Å². The standard InChI is InChI=1S/C22H37N5O2/c1-18-8-5-6-14-27(18)15-7-13-23-22(25-17-21(28)26(2)3)24-16-19-9-11-20(29-4)12-10-19/h9-12,18H,5-8,13-17H2,1-4H3,(H2,23,24,25). The molecule has 0 spiro atoms. The van der Waals surface area contributed by atoms with Crippen LogP contribution in [-0.2, 0) is 11.3 Å². The number of carbonyl (C=O) groups is 1. The zero-order valence-corrected chi connectivity index (χ0v) is 18.4. The van der Waals surface area contributed by atoms with E-state index in [1.165, 1.54) is 25.8 Å². The fourth-order valence-corrected chi connectivity index (χ4v) is 3.37. The van der Waals surface area contributed by atoms with Crippen molar-refractivity contribution in [2.24, 2.45) is 4.99 Å². The zero-order chi connectivity index (χ0) is 21.1. The minimum absolute atomic E-state index is 0.0195. The Kier molecular flexibility index (Phi) is 9.77. The van der Waals surface area contributed by atoms with Crippen LogP contribution in [-0.4, -0.2) is 75.1 Å². The molecule has 1 aromatic rings. The van der Waals surface area contributed by atoms with Gasteiger partial charge in [0.05, 0.1) is 20.2 Å². The summed E-state index contributed by atoms with van der Waals surface area (Å²) in [6.45, 7) is 6.21. The first kappa shape index (κ1) is 23.0. The number of benzene rings is 1. The number of nitrogens with zero attached hydrogens (tertiary/aromatic N) is 3. The minimum atomic E-state index is 0.0195. The Hall–Kier alpha value is -2.28. The molecule has 1 aliphatic heterocycles. The number of amides is 1. The molecule has 0 aromatic heterocycles. The Morgan fingerprint density at radius 1 is 1.24 bits per heavy atom. The molecule has 1 saturated heterocycles. The van der Waals surface area contributed by atoms with Gasteiger partial charge in [0, 0.05) is 33.2 Å². The summed E-state index contributed by atoms with van der Waals surface area (Å²) in [4.78, 5) is 20.7. The van der Waals surface area contributed by atoms with Crippen molar-refractivity contribution in [2.45, 2.75) is 45.2 Å². The van der Waals surface area contributed by atoms with E-state index in [1.54, 1.807) is 26.1 Å². The van der Waals surface area contributed by atoms with Crippen molar-refractivity contribution in [3.8, 4) is 5.75 Å². The molecule has 7 nitrogen and oxygen atoms in total. The predicted octanol–water partition coefficient (Wildman–Crippen LogP) is 2.08. The maximum Gasteiger partial charge on any atom is 0.241 e. The fourth-order valence-electron chi connectivity index (χ4n) is 3.37. The van der Waals surface area contributed by atoms with Gasteiger partial charge in [-0.05, 0) is 50.4 Å². The first-order chi connectivity index (χ1) is 14.0. The van der Waals surface area contributed by atoms with Crippen molar-refractivity contribution in [3.63, 3.8) is 0 Å². The summed E-state index contributed by atoms with van der Waals surface area (Å²) in [5.74, 6) is 1.52. The molecule has 0 saturated carbocycles. The molecule has 162 valence electrons. The highest BCUT2D eigenvalue weighted by Gasteiger charge is 2.17. The molecule has 0 bridgehead atoms. The molecular formula is C22H37N5O2. The summed E-state index contributed by atoms with van der Waals surface area (Å²) in [6.07, 6.45) is 5.01. The van der Waals surface area contributed by atoms with Gasteiger partial charge in [-0.15, -0.1) is 0 Å². The summed E-state index contributed by atoms with van der Waals surface area (Å²) in [7, 11) is 5.17. The van der Waals surface area contributed by atoms with Gasteiger partial charge in [0.15, 0.2) is 5.96 Å². The van der Waals surface area contributed by atoms with E-state index in [0.29, 0.717) is 18.5 Å². The van der Waals surface area contributed by atoms with Gasteiger partial charge in [0.2, 0.25) is 5.91 Å². The molecule has 2 rings (SSSR count). The summed E-state index contributed by atoms with van der Waals surface area (Å²) in [5.41, 5.74) is 1.09. The molecule has 0 aliphatic carbocycles. The third-order valence-corrected chi connectivity index (χ3v) is 5.34. The first-order valence-electron chi connectivity index (χ1n) is 10.6. The van der Waals surface area contributed by atoms with Gasteiger partial charge in [-0.2, -0.15) is 0 Å². The van der Waals surface area contributed by atoms with Crippen LogP contribution in [0, 0.1) is 0 Å². The lowest BCUT2D eigenvalue weighted by atomic mass is 10.0. The Labute approximate surface area is 175 Å². The van der Waals surface area contributed by atoms with E-state index in [0.717, 1.165) is 30.8 Å². The van der Waals surface area contributed by atoms with Crippen LogP contribution >= 0.6 is 0 Å². The van der Waals surface area contributed by atoms with Gasteiger partial charge in [0.25, 0.3) is 0 Å². The molecule has 29 heavy (non-hydrogen) atoms. The molecule has 1 atom stereocenters. The number of likely N-dealkylation sites (N-methyl/N-ethyl adjacent to an activating group) is 1. The average molecular weight is 404 g/mol. The second kappa shape index (κ2) is 12.3. The number of ether oxygens (including phenoxy) is 1. The first-order valence-corrected chi connectivity index (χ1v) is 10.6. The van der Waals surface area contributed by atoms with Gasteiger partial charge in [0.1, 0.15) is 5.75 Å². The van der Waals surface area contributed by atoms with E-state index in [2.05, 4.69) is 27.4 Å². The fraction of sp³-hybridized carbons (Fsp3) is 0.636. The largest absolute Gasteiger partial charge is 0.497 e. The summed E-state index contributed by atoms with van der Waals surface area (Å²) in [5, 5.41) is 6.53. The van der Waals surface area contributed by atoms with Gasteiger partial charge in [-0.3, -0.25) is 4.79 Å². The third kappa shape index (κ3) is 8.31. The molecule has 1 unspecified atom stereocenters. The van der Waals surface area contributed by atoms with Crippen molar-refractivity contribution >= 4 is 11.9 Å². The number of likely N-dealkylation sites (tertiary alicyclic amines) is 1. The number of guanidine groups is 1. The van der Waals surface area contributed by atoms with Crippen LogP contribution in [0.5, 0.6) is 5.75 Å². The highest BCUT2D eigenvalue weighted by atomic mass is 16.5. The van der Waals surface area contributed by atoms with E-state index >= 15 is 0 Å². The highest BCUT2D eigenvalue weighted by molar-refractivity contribution is 5.86. The van der Waals surface area contributed by atoms with Crippen molar-refractivity contribution in [3.05, 3.63) is 29.8 Å². The molecule has 1 amide bonds. The number of carbonyl (C=O) groups excluding carboxylic acids is 1. The average Bonchev–Trinajstić information content (AvgIpc) is 2.73. The smallest absolute Gasteiger partial charge is 0.241 e. The molecule has 1 aliphatic rings. The number of piperidine rings is 1. The lowest BCUT2D eigenvalue weighted by Crippen LogP contribution is -2.44. The molecule has 2 N–H and O–H groups in total. The number of rotatable bonds is 9. The Bertz CT molecular complexity index is 645. The SMILES string of the molecule is COc1ccc(CN=C(NCCCN2CCCCC2C)NCC(=O)N(C)C)cc1. The van der Waals surface area contributed by atoms with Crippen molar-refractivity contribution in [1.29, 1.82) is 0 Å². The predicted molar refractivity (Wildman–Crippen MR) is 118 cm³/mol. The van der Waals surface area contributed by atoms with E-state index in [1.807, 2.05) is 24.3 Å². The lowest BCUT2D eigenvalue weighted by Gasteiger charge is -2.33. The van der Waals surface area contributed by atoms with Crippen LogP contribution < -0.4 is 15.4 Å². The van der Waals surface area contributed by atoms with Crippen LogP contribution in [0.2, 0.25) is 0 Å². The normalized spacial score (nSPS) is 17.7. The molecule has 1 aromatic carbocycles. The van der Waals surface area contributed by atoms with Crippen molar-refractivity contribution < 1.29 is 9.53 Å². The number of methoxy groups -OCH3 is 1. The van der Waals surface area contributed by atoms with E-state index in [-0.39, 0.29) is 12.5 Å². The quantitative estimate of drug-likeness (QED) is 0.375. The molecule has 0 radical (unpaired) electrons. The number of hydrogen-bond donors (Lipinski definition) is 2. The van der Waals surface area contributed by atoms with Crippen LogP contribution in [0.25, 0.3) is 0 Å². The van der Waals surface area contributed by atoms with Crippen LogP contribution in [0.4, 0.5) is 0 Å². The number of nitrogens with one attached hydrogen (secondary N) is 2. The van der Waals surface area contributed by atoms with Crippen LogP contribution in [0.3, 0.4) is 0 Å². The van der Waals surface area contributed by atoms with Gasteiger partial charge < -0.3 is 25.2 Å². The van der Waals surface area contributed by atoms with E-state index < -0.39 is 0 Å². The summed E-state index contributed by atoms with van der Waals surface area (Å²) >= 11 is 0. The molecular weight excluding hydrogens is 366 g/mol. The second-order valence-electron chi connectivity index (χ2n) is 7.82. The minimum Gasteiger partial charge on any atom is -0.497 e. The highest BCUT2D eigenvalue weighted by Crippen LogP contribution is 2.16. The van der Waals surface area contributed by atoms with Crippen molar-refractivity contribution in [2.75, 3.05) is 47.4 Å². The third-order valence-electron chi connectivity index (χ3n) is 5.34. The Morgan fingerprint density at radius 3 is 2.66 bits per heavy atom. The maximum atomic E-state index is 11.9. The summed E-state index contributed by atoms with van der Waals surface area (Å²) in [6, 6.07) is 8.55. The zero-order valence-electron chi connectivity index (χ0n) is 18.4. The Balaban J connectivity index is 1.86. The molecule has 1 fully saturated rings. The van der Waals surface area contributed by atoms with Gasteiger partial charge in [-0.1, -0.05) is 18.6 Å².